The van der Waals surface area contributed by atoms with Gasteiger partial charge in [0, 0.05) is 6.61 Å². The van der Waals surface area contributed by atoms with Crippen LogP contribution in [0.2, 0.25) is 0 Å². The minimum absolute atomic E-state index is 0.218. The molecule has 0 aromatic carbocycles. The Hall–Kier alpha value is -1.13. The largest absolute Gasteiger partial charge is 0.376 e. The van der Waals surface area contributed by atoms with Crippen molar-refractivity contribution in [3.05, 3.63) is 0 Å². The first-order chi connectivity index (χ1) is 7.40. The van der Waals surface area contributed by atoms with Crippen LogP contribution < -0.4 is 0 Å². The van der Waals surface area contributed by atoms with E-state index in [1.54, 1.807) is 4.68 Å². The topological polar surface area (TPSA) is 76.6 Å². The van der Waals surface area contributed by atoms with Gasteiger partial charge in [-0.1, -0.05) is 11.8 Å². The maximum Gasteiger partial charge on any atom is 0.210 e. The lowest BCUT2D eigenvalue weighted by atomic mass is 10.2. The highest BCUT2D eigenvalue weighted by molar-refractivity contribution is 7.99. The standard InChI is InChI=1S/C8H11N5OS/c9-3-5-15-8-10-11-12-13(8)6-7-2-1-4-14-7/h7H,1-2,4-6H2/t7-/m0/s1. The zero-order chi connectivity index (χ0) is 10.5. The molecule has 0 radical (unpaired) electrons. The Morgan fingerprint density at radius 1 is 1.67 bits per heavy atom. The number of hydrogen-bond acceptors (Lipinski definition) is 6. The molecule has 1 aromatic rings. The third-order valence-electron chi connectivity index (χ3n) is 2.17. The molecule has 1 atom stereocenters. The predicted molar refractivity (Wildman–Crippen MR) is 53.1 cm³/mol. The molecular weight excluding hydrogens is 214 g/mol. The molecule has 7 heteroatoms. The number of rotatable bonds is 4. The summed E-state index contributed by atoms with van der Waals surface area (Å²) in [5.74, 6) is 0.367. The Kier molecular flexibility index (Phi) is 3.53. The van der Waals surface area contributed by atoms with E-state index in [0.717, 1.165) is 19.4 Å². The van der Waals surface area contributed by atoms with Crippen LogP contribution >= 0.6 is 11.8 Å². The summed E-state index contributed by atoms with van der Waals surface area (Å²) < 4.78 is 7.20. The smallest absolute Gasteiger partial charge is 0.210 e. The second kappa shape index (κ2) is 5.09. The molecule has 1 aliphatic rings. The van der Waals surface area contributed by atoms with E-state index in [4.69, 9.17) is 10.00 Å². The third-order valence-corrected chi connectivity index (χ3v) is 2.99. The van der Waals surface area contributed by atoms with Gasteiger partial charge in [-0.2, -0.15) is 5.26 Å². The van der Waals surface area contributed by atoms with Crippen LogP contribution in [0, 0.1) is 11.3 Å². The Morgan fingerprint density at radius 2 is 2.60 bits per heavy atom. The summed E-state index contributed by atoms with van der Waals surface area (Å²) >= 11 is 1.35. The molecule has 0 spiro atoms. The van der Waals surface area contributed by atoms with Crippen LogP contribution in [0.25, 0.3) is 0 Å². The fourth-order valence-electron chi connectivity index (χ4n) is 1.49. The van der Waals surface area contributed by atoms with E-state index in [9.17, 15) is 0 Å². The highest BCUT2D eigenvalue weighted by atomic mass is 32.2. The number of aromatic nitrogens is 4. The SMILES string of the molecule is N#CCSc1nnnn1C[C@@H]1CCCO1. The number of thioether (sulfide) groups is 1. The summed E-state index contributed by atoms with van der Waals surface area (Å²) in [7, 11) is 0. The molecule has 15 heavy (non-hydrogen) atoms. The highest BCUT2D eigenvalue weighted by Gasteiger charge is 2.18. The number of nitrogens with zero attached hydrogens (tertiary/aromatic N) is 5. The molecule has 0 unspecified atom stereocenters. The van der Waals surface area contributed by atoms with Crippen LogP contribution in [0.15, 0.2) is 5.16 Å². The highest BCUT2D eigenvalue weighted by Crippen LogP contribution is 2.17. The van der Waals surface area contributed by atoms with E-state index < -0.39 is 0 Å². The molecule has 0 amide bonds. The van der Waals surface area contributed by atoms with E-state index in [1.165, 1.54) is 11.8 Å². The number of hydrogen-bond donors (Lipinski definition) is 0. The van der Waals surface area contributed by atoms with E-state index in [2.05, 4.69) is 15.5 Å². The summed E-state index contributed by atoms with van der Waals surface area (Å²) in [5, 5.41) is 20.5. The third kappa shape index (κ3) is 2.67. The van der Waals surface area contributed by atoms with Crippen LogP contribution in [0.1, 0.15) is 12.8 Å². The summed E-state index contributed by atoms with van der Waals surface area (Å²) in [6.45, 7) is 1.51. The fourth-order valence-corrected chi connectivity index (χ4v) is 2.04. The van der Waals surface area contributed by atoms with E-state index in [1.807, 2.05) is 6.07 Å². The predicted octanol–water partition coefficient (Wildman–Crippen LogP) is 0.468. The van der Waals surface area contributed by atoms with Crippen molar-refractivity contribution >= 4 is 11.8 Å². The van der Waals surface area contributed by atoms with Gasteiger partial charge < -0.3 is 4.74 Å². The Bertz CT molecular complexity index is 354. The second-order valence-corrected chi connectivity index (χ2v) is 4.17. The molecular formula is C8H11N5OS. The fraction of sp³-hybridized carbons (Fsp3) is 0.750. The molecule has 1 aliphatic heterocycles. The molecule has 6 nitrogen and oxygen atoms in total. The second-order valence-electron chi connectivity index (χ2n) is 3.23. The summed E-state index contributed by atoms with van der Waals surface area (Å²) in [6, 6.07) is 2.05. The average Bonchev–Trinajstić information content (AvgIpc) is 2.87. The first-order valence-electron chi connectivity index (χ1n) is 4.77. The molecule has 0 aliphatic carbocycles. The van der Waals surface area contributed by atoms with Crippen molar-refractivity contribution in [2.45, 2.75) is 30.6 Å². The zero-order valence-corrected chi connectivity index (χ0v) is 8.98. The van der Waals surface area contributed by atoms with Crippen molar-refractivity contribution in [3.63, 3.8) is 0 Å². The Balaban J connectivity index is 1.95. The number of tetrazole rings is 1. The van der Waals surface area contributed by atoms with Crippen molar-refractivity contribution in [3.8, 4) is 6.07 Å². The van der Waals surface area contributed by atoms with Gasteiger partial charge in [-0.15, -0.1) is 5.10 Å². The van der Waals surface area contributed by atoms with Gasteiger partial charge in [-0.25, -0.2) is 4.68 Å². The van der Waals surface area contributed by atoms with E-state index in [-0.39, 0.29) is 6.10 Å². The minimum Gasteiger partial charge on any atom is -0.376 e. The van der Waals surface area contributed by atoms with Crippen molar-refractivity contribution in [1.29, 1.82) is 5.26 Å². The summed E-state index contributed by atoms with van der Waals surface area (Å²) in [6.07, 6.45) is 2.38. The van der Waals surface area contributed by atoms with Crippen LogP contribution in [-0.4, -0.2) is 38.7 Å². The van der Waals surface area contributed by atoms with Gasteiger partial charge in [-0.05, 0) is 23.3 Å². The number of ether oxygens (including phenoxy) is 1. The first-order valence-corrected chi connectivity index (χ1v) is 5.76. The maximum absolute atomic E-state index is 8.47. The Morgan fingerprint density at radius 3 is 3.33 bits per heavy atom. The van der Waals surface area contributed by atoms with Crippen LogP contribution in [-0.2, 0) is 11.3 Å². The Labute approximate surface area is 91.6 Å². The van der Waals surface area contributed by atoms with Gasteiger partial charge in [0.2, 0.25) is 5.16 Å². The monoisotopic (exact) mass is 225 g/mol. The van der Waals surface area contributed by atoms with Crippen molar-refractivity contribution in [2.24, 2.45) is 0 Å². The van der Waals surface area contributed by atoms with Gasteiger partial charge in [0.15, 0.2) is 0 Å². The van der Waals surface area contributed by atoms with Gasteiger partial charge in [0.05, 0.1) is 24.5 Å². The minimum atomic E-state index is 0.218. The molecule has 0 N–H and O–H groups in total. The molecule has 2 rings (SSSR count). The molecule has 0 saturated carbocycles. The van der Waals surface area contributed by atoms with E-state index in [0.29, 0.717) is 17.5 Å². The normalized spacial score (nSPS) is 20.3. The first kappa shape index (κ1) is 10.4. The van der Waals surface area contributed by atoms with E-state index >= 15 is 0 Å². The van der Waals surface area contributed by atoms with Crippen LogP contribution in [0.4, 0.5) is 0 Å². The zero-order valence-electron chi connectivity index (χ0n) is 8.17. The maximum atomic E-state index is 8.47. The van der Waals surface area contributed by atoms with Crippen molar-refractivity contribution < 1.29 is 4.74 Å². The average molecular weight is 225 g/mol. The summed E-state index contributed by atoms with van der Waals surface area (Å²) in [4.78, 5) is 0. The lowest BCUT2D eigenvalue weighted by molar-refractivity contribution is 0.0912. The van der Waals surface area contributed by atoms with Crippen LogP contribution in [0.5, 0.6) is 0 Å². The lowest BCUT2D eigenvalue weighted by Gasteiger charge is -2.09. The van der Waals surface area contributed by atoms with Gasteiger partial charge in [-0.3, -0.25) is 0 Å². The molecule has 1 saturated heterocycles. The van der Waals surface area contributed by atoms with Gasteiger partial charge in [0.25, 0.3) is 0 Å². The number of nitriles is 1. The van der Waals surface area contributed by atoms with Crippen LogP contribution in [0.3, 0.4) is 0 Å². The van der Waals surface area contributed by atoms with Crippen molar-refractivity contribution in [1.82, 2.24) is 20.2 Å². The lowest BCUT2D eigenvalue weighted by Crippen LogP contribution is -2.16. The molecule has 0 bridgehead atoms. The van der Waals surface area contributed by atoms with Gasteiger partial charge >= 0.3 is 0 Å². The molecule has 2 heterocycles. The summed E-state index contributed by atoms with van der Waals surface area (Å²) in [5.41, 5.74) is 0. The molecule has 1 fully saturated rings. The van der Waals surface area contributed by atoms with Crippen molar-refractivity contribution in [2.75, 3.05) is 12.4 Å². The quantitative estimate of drug-likeness (QED) is 0.693. The molecule has 1 aromatic heterocycles. The van der Waals surface area contributed by atoms with Gasteiger partial charge in [0.1, 0.15) is 0 Å². The molecule has 80 valence electrons.